The van der Waals surface area contributed by atoms with Crippen LogP contribution in [-0.2, 0) is 14.8 Å². The molecule has 2 aromatic carbocycles. The third-order valence-electron chi connectivity index (χ3n) is 4.86. The maximum atomic E-state index is 11.6. The smallest absolute Gasteiger partial charge is 0.338 e. The summed E-state index contributed by atoms with van der Waals surface area (Å²) >= 11 is 3.31. The number of rotatable bonds is 6. The van der Waals surface area contributed by atoms with Crippen LogP contribution < -0.4 is 9.47 Å². The standard InChI is InChI=1S/C12H11BrO4.C12H10O5/c2*1-15-10-4-3-8(12(14)16-2)9-5-7(6-13)17-11(9)10/h3-5H,6H2,1-2H3;3-6H,1-2H3. The van der Waals surface area contributed by atoms with Gasteiger partial charge in [-0.1, -0.05) is 15.9 Å². The Morgan fingerprint density at radius 3 is 1.76 bits per heavy atom. The molecule has 178 valence electrons. The van der Waals surface area contributed by atoms with E-state index in [0.717, 1.165) is 5.76 Å². The highest BCUT2D eigenvalue weighted by atomic mass is 79.9. The summed E-state index contributed by atoms with van der Waals surface area (Å²) in [6.07, 6.45) is 0.570. The second-order valence-corrected chi connectivity index (χ2v) is 7.27. The van der Waals surface area contributed by atoms with E-state index in [1.54, 1.807) is 37.4 Å². The van der Waals surface area contributed by atoms with E-state index in [2.05, 4.69) is 20.7 Å². The first-order valence-electron chi connectivity index (χ1n) is 9.80. The Kier molecular flexibility index (Phi) is 7.95. The van der Waals surface area contributed by atoms with Gasteiger partial charge in [0.2, 0.25) is 0 Å². The van der Waals surface area contributed by atoms with Crippen molar-refractivity contribution >= 4 is 56.1 Å². The molecule has 0 bridgehead atoms. The fraction of sp³-hybridized carbons (Fsp3) is 0.208. The van der Waals surface area contributed by atoms with Gasteiger partial charge >= 0.3 is 11.9 Å². The van der Waals surface area contributed by atoms with Crippen LogP contribution in [0, 0.1) is 0 Å². The van der Waals surface area contributed by atoms with Crippen LogP contribution in [0.4, 0.5) is 0 Å². The third kappa shape index (κ3) is 4.76. The van der Waals surface area contributed by atoms with E-state index < -0.39 is 5.97 Å². The summed E-state index contributed by atoms with van der Waals surface area (Å²) in [6.45, 7) is 0. The van der Waals surface area contributed by atoms with Crippen LogP contribution in [0.1, 0.15) is 37.0 Å². The molecule has 0 amide bonds. The first kappa shape index (κ1) is 24.8. The summed E-state index contributed by atoms with van der Waals surface area (Å²) in [5.74, 6) is 1.04. The molecule has 2 aromatic heterocycles. The Morgan fingerprint density at radius 1 is 0.824 bits per heavy atom. The van der Waals surface area contributed by atoms with Crippen molar-refractivity contribution in [2.24, 2.45) is 0 Å². The number of aldehydes is 1. The lowest BCUT2D eigenvalue weighted by Crippen LogP contribution is -2.01. The number of carbonyl (C=O) groups excluding carboxylic acids is 3. The number of carbonyl (C=O) groups is 3. The van der Waals surface area contributed by atoms with Crippen LogP contribution in [0.25, 0.3) is 21.9 Å². The highest BCUT2D eigenvalue weighted by Crippen LogP contribution is 2.33. The summed E-state index contributed by atoms with van der Waals surface area (Å²) in [5.41, 5.74) is 1.72. The minimum Gasteiger partial charge on any atom is -0.493 e. The molecule has 0 atom stereocenters. The number of ether oxygens (including phenoxy) is 4. The predicted octanol–water partition coefficient (Wildman–Crippen LogP) is 5.16. The summed E-state index contributed by atoms with van der Waals surface area (Å²) in [4.78, 5) is 33.8. The van der Waals surface area contributed by atoms with Gasteiger partial charge in [-0.2, -0.15) is 0 Å². The highest BCUT2D eigenvalue weighted by Gasteiger charge is 2.18. The highest BCUT2D eigenvalue weighted by molar-refractivity contribution is 9.08. The first-order valence-corrected chi connectivity index (χ1v) is 10.9. The molecule has 0 aliphatic rings. The molecule has 10 heteroatoms. The Hall–Kier alpha value is -3.79. The first-order chi connectivity index (χ1) is 16.4. The Balaban J connectivity index is 0.000000191. The zero-order valence-corrected chi connectivity index (χ0v) is 20.4. The molecule has 0 radical (unpaired) electrons. The van der Waals surface area contributed by atoms with Gasteiger partial charge < -0.3 is 27.8 Å². The van der Waals surface area contributed by atoms with Gasteiger partial charge in [-0.05, 0) is 36.4 Å². The molecule has 0 N–H and O–H groups in total. The SMILES string of the molecule is COC(=O)c1ccc(OC)c2oc(C=O)cc12.COC(=O)c1ccc(OC)c2oc(CBr)cc12. The molecule has 0 aliphatic heterocycles. The van der Waals surface area contributed by atoms with Crippen molar-refractivity contribution in [2.75, 3.05) is 28.4 Å². The zero-order chi connectivity index (χ0) is 24.8. The number of alkyl halides is 1. The average Bonchev–Trinajstić information content (AvgIpc) is 3.51. The largest absolute Gasteiger partial charge is 0.493 e. The summed E-state index contributed by atoms with van der Waals surface area (Å²) in [5, 5.41) is 1.77. The average molecular weight is 533 g/mol. The molecule has 4 rings (SSSR count). The summed E-state index contributed by atoms with van der Waals surface area (Å²) in [6, 6.07) is 9.80. The van der Waals surface area contributed by atoms with Crippen molar-refractivity contribution in [1.29, 1.82) is 0 Å². The van der Waals surface area contributed by atoms with Crippen molar-refractivity contribution in [3.05, 3.63) is 59.0 Å². The number of hydrogen-bond acceptors (Lipinski definition) is 9. The molecule has 0 saturated heterocycles. The summed E-state index contributed by atoms with van der Waals surface area (Å²) in [7, 11) is 5.68. The van der Waals surface area contributed by atoms with Crippen LogP contribution in [-0.4, -0.2) is 46.7 Å². The van der Waals surface area contributed by atoms with Crippen LogP contribution >= 0.6 is 15.9 Å². The van der Waals surface area contributed by atoms with Gasteiger partial charge in [-0.25, -0.2) is 9.59 Å². The van der Waals surface area contributed by atoms with E-state index in [1.165, 1.54) is 27.4 Å². The van der Waals surface area contributed by atoms with Gasteiger partial charge in [0.15, 0.2) is 34.7 Å². The van der Waals surface area contributed by atoms with Gasteiger partial charge in [-0.15, -0.1) is 0 Å². The monoisotopic (exact) mass is 532 g/mol. The van der Waals surface area contributed by atoms with Gasteiger partial charge in [0.25, 0.3) is 0 Å². The second kappa shape index (κ2) is 10.9. The normalized spacial score (nSPS) is 10.4. The van der Waals surface area contributed by atoms with Crippen molar-refractivity contribution in [3.8, 4) is 11.5 Å². The minimum atomic E-state index is -0.490. The second-order valence-electron chi connectivity index (χ2n) is 6.71. The lowest BCUT2D eigenvalue weighted by molar-refractivity contribution is 0.0594. The third-order valence-corrected chi connectivity index (χ3v) is 5.42. The van der Waals surface area contributed by atoms with E-state index in [4.69, 9.17) is 23.0 Å². The van der Waals surface area contributed by atoms with Crippen LogP contribution in [0.15, 0.2) is 45.2 Å². The zero-order valence-electron chi connectivity index (χ0n) is 18.8. The fourth-order valence-electron chi connectivity index (χ4n) is 3.29. The number of hydrogen-bond donors (Lipinski definition) is 0. The van der Waals surface area contributed by atoms with Gasteiger partial charge in [0.1, 0.15) is 5.76 Å². The number of halogens is 1. The lowest BCUT2D eigenvalue weighted by Gasteiger charge is -2.04. The molecule has 0 spiro atoms. The van der Waals surface area contributed by atoms with Crippen molar-refractivity contribution in [3.63, 3.8) is 0 Å². The fourth-order valence-corrected chi connectivity index (χ4v) is 3.56. The van der Waals surface area contributed by atoms with Crippen molar-refractivity contribution in [2.45, 2.75) is 5.33 Å². The molecular weight excluding hydrogens is 512 g/mol. The number of fused-ring (bicyclic) bond motifs is 2. The Labute approximate surface area is 202 Å². The molecule has 0 saturated carbocycles. The van der Waals surface area contributed by atoms with Crippen LogP contribution in [0.3, 0.4) is 0 Å². The maximum Gasteiger partial charge on any atom is 0.338 e. The molecule has 9 nitrogen and oxygen atoms in total. The molecular formula is C24H21BrO9. The molecule has 0 fully saturated rings. The van der Waals surface area contributed by atoms with Crippen LogP contribution in [0.5, 0.6) is 11.5 Å². The molecule has 4 aromatic rings. The van der Waals surface area contributed by atoms with E-state index in [1.807, 2.05) is 0 Å². The molecule has 34 heavy (non-hydrogen) atoms. The Bertz CT molecular complexity index is 1350. The summed E-state index contributed by atoms with van der Waals surface area (Å²) < 4.78 is 30.5. The number of methoxy groups -OCH3 is 4. The van der Waals surface area contributed by atoms with E-state index in [9.17, 15) is 14.4 Å². The van der Waals surface area contributed by atoms with Crippen molar-refractivity contribution < 1.29 is 42.2 Å². The predicted molar refractivity (Wildman–Crippen MR) is 126 cm³/mol. The van der Waals surface area contributed by atoms with Gasteiger partial charge in [0, 0.05) is 10.8 Å². The Morgan fingerprint density at radius 2 is 1.32 bits per heavy atom. The number of furan rings is 2. The van der Waals surface area contributed by atoms with Crippen LogP contribution in [0.2, 0.25) is 0 Å². The molecule has 0 aliphatic carbocycles. The van der Waals surface area contributed by atoms with E-state index in [0.29, 0.717) is 56.2 Å². The number of benzene rings is 2. The van der Waals surface area contributed by atoms with Gasteiger partial charge in [0.05, 0.1) is 44.9 Å². The number of esters is 2. The lowest BCUT2D eigenvalue weighted by atomic mass is 10.1. The van der Waals surface area contributed by atoms with E-state index in [-0.39, 0.29) is 11.7 Å². The quantitative estimate of drug-likeness (QED) is 0.188. The minimum absolute atomic E-state index is 0.134. The van der Waals surface area contributed by atoms with E-state index >= 15 is 0 Å². The maximum absolute atomic E-state index is 11.6. The molecule has 2 heterocycles. The topological polar surface area (TPSA) is 114 Å². The molecule has 0 unspecified atom stereocenters. The van der Waals surface area contributed by atoms with Crippen molar-refractivity contribution in [1.82, 2.24) is 0 Å². The van der Waals surface area contributed by atoms with Gasteiger partial charge in [-0.3, -0.25) is 4.79 Å².